The average Bonchev–Trinajstić information content (AvgIpc) is 2.90. The van der Waals surface area contributed by atoms with Gasteiger partial charge in [-0.15, -0.1) is 0 Å². The normalized spacial score (nSPS) is 11.2. The van der Waals surface area contributed by atoms with Crippen LogP contribution in [0, 0.1) is 13.8 Å². The molecule has 1 aromatic carbocycles. The summed E-state index contributed by atoms with van der Waals surface area (Å²) in [4.78, 5) is 12.1. The zero-order chi connectivity index (χ0) is 17.0. The molecule has 0 spiro atoms. The van der Waals surface area contributed by atoms with Crippen molar-refractivity contribution in [1.29, 1.82) is 0 Å². The number of nitrogens with one attached hydrogen (secondary N) is 1. The zero-order valence-corrected chi connectivity index (χ0v) is 13.6. The van der Waals surface area contributed by atoms with Gasteiger partial charge >= 0.3 is 0 Å². The number of nitrogens with zero attached hydrogens (tertiary/aromatic N) is 1. The molecule has 0 aliphatic carbocycles. The summed E-state index contributed by atoms with van der Waals surface area (Å²) in [5, 5.41) is 4.17. The van der Waals surface area contributed by atoms with Gasteiger partial charge in [0.15, 0.2) is 0 Å². The molecule has 4 nitrogen and oxygen atoms in total. The van der Waals surface area contributed by atoms with Crippen LogP contribution in [0.2, 0.25) is 0 Å². The number of hydrazone groups is 1. The van der Waals surface area contributed by atoms with Crippen LogP contribution in [-0.2, 0) is 0 Å². The van der Waals surface area contributed by atoms with Gasteiger partial charge in [0.25, 0.3) is 5.91 Å². The van der Waals surface area contributed by atoms with E-state index in [1.54, 1.807) is 32.1 Å². The molecule has 0 aliphatic heterocycles. The van der Waals surface area contributed by atoms with Crippen LogP contribution < -0.4 is 5.43 Å². The van der Waals surface area contributed by atoms with Gasteiger partial charge in [0.2, 0.25) is 0 Å². The van der Waals surface area contributed by atoms with Crippen LogP contribution in [0.5, 0.6) is 0 Å². The summed E-state index contributed by atoms with van der Waals surface area (Å²) < 4.78 is 5.35. The maximum absolute atomic E-state index is 12.1. The van der Waals surface area contributed by atoms with E-state index in [4.69, 9.17) is 4.42 Å². The number of benzene rings is 1. The number of hydrogen-bond donors (Lipinski definition) is 1. The molecule has 23 heavy (non-hydrogen) atoms. The molecule has 0 aliphatic rings. The molecule has 2 aromatic rings. The summed E-state index contributed by atoms with van der Waals surface area (Å²) in [5.41, 5.74) is 6.64. The number of rotatable bonds is 5. The molecule has 0 fully saturated rings. The zero-order valence-electron chi connectivity index (χ0n) is 13.6. The SMILES string of the molecule is C=Cc1ccc(/C(C)=N/NC(=O)c2cc(C)oc2C)cc1C=C. The van der Waals surface area contributed by atoms with Gasteiger partial charge in [-0.25, -0.2) is 5.43 Å². The van der Waals surface area contributed by atoms with E-state index in [1.807, 2.05) is 25.1 Å². The molecular weight excluding hydrogens is 288 g/mol. The number of hydrogen-bond acceptors (Lipinski definition) is 3. The van der Waals surface area contributed by atoms with Crippen LogP contribution in [0.1, 0.15) is 45.5 Å². The molecule has 1 amide bonds. The van der Waals surface area contributed by atoms with Crippen molar-refractivity contribution in [1.82, 2.24) is 5.43 Å². The van der Waals surface area contributed by atoms with Crippen molar-refractivity contribution in [3.05, 3.63) is 71.2 Å². The van der Waals surface area contributed by atoms with Crippen LogP contribution in [-0.4, -0.2) is 11.6 Å². The standard InChI is InChI=1S/C19H20N2O2/c1-6-15-8-9-17(11-16(15)7-2)13(4)20-21-19(22)18-10-12(3)23-14(18)5/h6-11H,1-2H2,3-5H3,(H,21,22)/b20-13+. The van der Waals surface area contributed by atoms with Crippen LogP contribution in [0.15, 0.2) is 46.9 Å². The lowest BCUT2D eigenvalue weighted by Gasteiger charge is -2.06. The first-order chi connectivity index (χ1) is 11.0. The fourth-order valence-corrected chi connectivity index (χ4v) is 2.28. The van der Waals surface area contributed by atoms with Gasteiger partial charge in [-0.1, -0.05) is 37.4 Å². The first-order valence-electron chi connectivity index (χ1n) is 7.27. The molecule has 2 rings (SSSR count). The van der Waals surface area contributed by atoms with Crippen molar-refractivity contribution < 1.29 is 9.21 Å². The predicted molar refractivity (Wildman–Crippen MR) is 94.5 cm³/mol. The average molecular weight is 308 g/mol. The number of aryl methyl sites for hydroxylation is 2. The van der Waals surface area contributed by atoms with Crippen LogP contribution in [0.25, 0.3) is 12.2 Å². The lowest BCUT2D eigenvalue weighted by Crippen LogP contribution is -2.19. The van der Waals surface area contributed by atoms with Crippen LogP contribution >= 0.6 is 0 Å². The highest BCUT2D eigenvalue weighted by Crippen LogP contribution is 2.16. The van der Waals surface area contributed by atoms with Crippen molar-refractivity contribution in [2.75, 3.05) is 0 Å². The summed E-state index contributed by atoms with van der Waals surface area (Å²) >= 11 is 0. The molecule has 1 N–H and O–H groups in total. The van der Waals surface area contributed by atoms with E-state index >= 15 is 0 Å². The van der Waals surface area contributed by atoms with Crippen molar-refractivity contribution in [3.63, 3.8) is 0 Å². The van der Waals surface area contributed by atoms with Gasteiger partial charge in [0, 0.05) is 0 Å². The van der Waals surface area contributed by atoms with Crippen molar-refractivity contribution in [2.24, 2.45) is 5.10 Å². The predicted octanol–water partition coefficient (Wildman–Crippen LogP) is 4.34. The highest BCUT2D eigenvalue weighted by atomic mass is 16.3. The molecule has 0 atom stereocenters. The van der Waals surface area contributed by atoms with Gasteiger partial charge in [-0.3, -0.25) is 4.79 Å². The Balaban J connectivity index is 2.20. The van der Waals surface area contributed by atoms with Gasteiger partial charge in [0.1, 0.15) is 11.5 Å². The third-order valence-corrected chi connectivity index (χ3v) is 3.56. The minimum atomic E-state index is -0.287. The fourth-order valence-electron chi connectivity index (χ4n) is 2.28. The Morgan fingerprint density at radius 2 is 1.87 bits per heavy atom. The van der Waals surface area contributed by atoms with E-state index < -0.39 is 0 Å². The second-order valence-electron chi connectivity index (χ2n) is 5.22. The Morgan fingerprint density at radius 3 is 2.43 bits per heavy atom. The lowest BCUT2D eigenvalue weighted by molar-refractivity contribution is 0.0953. The van der Waals surface area contributed by atoms with E-state index in [9.17, 15) is 4.79 Å². The summed E-state index contributed by atoms with van der Waals surface area (Å²) in [6.45, 7) is 13.0. The summed E-state index contributed by atoms with van der Waals surface area (Å²) in [5.74, 6) is 0.992. The van der Waals surface area contributed by atoms with E-state index in [0.29, 0.717) is 22.8 Å². The first-order valence-corrected chi connectivity index (χ1v) is 7.27. The molecule has 4 heteroatoms. The summed E-state index contributed by atoms with van der Waals surface area (Å²) in [6.07, 6.45) is 3.54. The van der Waals surface area contributed by atoms with Crippen LogP contribution in [0.4, 0.5) is 0 Å². The quantitative estimate of drug-likeness (QED) is 0.660. The Kier molecular flexibility index (Phi) is 4.96. The number of furan rings is 1. The molecule has 0 saturated heterocycles. The third-order valence-electron chi connectivity index (χ3n) is 3.56. The highest BCUT2D eigenvalue weighted by molar-refractivity contribution is 6.01. The van der Waals surface area contributed by atoms with Gasteiger partial charge in [0.05, 0.1) is 11.3 Å². The van der Waals surface area contributed by atoms with Crippen molar-refractivity contribution in [2.45, 2.75) is 20.8 Å². The second-order valence-corrected chi connectivity index (χ2v) is 5.22. The molecule has 0 saturated carbocycles. The Labute approximate surface area is 136 Å². The highest BCUT2D eigenvalue weighted by Gasteiger charge is 2.13. The van der Waals surface area contributed by atoms with E-state index in [2.05, 4.69) is 23.7 Å². The second kappa shape index (κ2) is 6.92. The largest absolute Gasteiger partial charge is 0.466 e. The van der Waals surface area contributed by atoms with Gasteiger partial charge in [-0.2, -0.15) is 5.10 Å². The number of carbonyl (C=O) groups excluding carboxylic acids is 1. The summed E-state index contributed by atoms with van der Waals surface area (Å²) in [6, 6.07) is 7.54. The molecule has 1 aromatic heterocycles. The Bertz CT molecular complexity index is 798. The molecule has 1 heterocycles. The molecule has 0 bridgehead atoms. The maximum atomic E-state index is 12.1. The Hall–Kier alpha value is -2.88. The molecule has 0 unspecified atom stereocenters. The number of amides is 1. The van der Waals surface area contributed by atoms with E-state index in [-0.39, 0.29) is 5.91 Å². The first kappa shape index (κ1) is 16.5. The lowest BCUT2D eigenvalue weighted by atomic mass is 10.0. The monoisotopic (exact) mass is 308 g/mol. The van der Waals surface area contributed by atoms with Gasteiger partial charge in [-0.05, 0) is 49.6 Å². The molecular formula is C19H20N2O2. The maximum Gasteiger partial charge on any atom is 0.274 e. The molecule has 0 radical (unpaired) electrons. The van der Waals surface area contributed by atoms with Crippen molar-refractivity contribution >= 4 is 23.8 Å². The minimum Gasteiger partial charge on any atom is -0.466 e. The smallest absolute Gasteiger partial charge is 0.274 e. The third kappa shape index (κ3) is 3.66. The Morgan fingerprint density at radius 1 is 1.17 bits per heavy atom. The van der Waals surface area contributed by atoms with Crippen molar-refractivity contribution in [3.8, 4) is 0 Å². The number of carbonyl (C=O) groups is 1. The fraction of sp³-hybridized carbons (Fsp3) is 0.158. The minimum absolute atomic E-state index is 0.287. The molecule has 118 valence electrons. The van der Waals surface area contributed by atoms with Gasteiger partial charge < -0.3 is 4.42 Å². The van der Waals surface area contributed by atoms with E-state index in [1.165, 1.54) is 0 Å². The van der Waals surface area contributed by atoms with E-state index in [0.717, 1.165) is 16.7 Å². The summed E-state index contributed by atoms with van der Waals surface area (Å²) in [7, 11) is 0. The van der Waals surface area contributed by atoms with Crippen LogP contribution in [0.3, 0.4) is 0 Å². The topological polar surface area (TPSA) is 54.6 Å².